The molecule has 0 bridgehead atoms. The Balaban J connectivity index is 1.39. The molecule has 172 valence electrons. The molecule has 3 N–H and O–H groups in total. The van der Waals surface area contributed by atoms with Crippen molar-refractivity contribution in [2.24, 2.45) is 0 Å². The molecule has 11 heteroatoms. The fraction of sp³-hybridized carbons (Fsp3) is 0.409. The van der Waals surface area contributed by atoms with Gasteiger partial charge in [0.2, 0.25) is 5.95 Å². The van der Waals surface area contributed by atoms with Crippen molar-refractivity contribution in [2.75, 3.05) is 63.4 Å². The summed E-state index contributed by atoms with van der Waals surface area (Å²) in [7, 11) is 0.851. The maximum absolute atomic E-state index is 13.7. The highest BCUT2D eigenvalue weighted by Crippen LogP contribution is 2.48. The van der Waals surface area contributed by atoms with E-state index in [-0.39, 0.29) is 0 Å². The standard InChI is InChI=1S/C22H26N7O3P/c1-24-20-19-14(10-23)11-25-21(19)28-22(27-20)26-17-4-3-16(9-18(17)31-2)33(30)7-5-29(6-8-33)15-12-32-13-15/h3-4,9,11,15H,5-8,12-13H2,1-2H3,(H3,24,25,26,27,28). The van der Waals surface area contributed by atoms with Crippen LogP contribution in [0.3, 0.4) is 0 Å². The molecule has 2 aliphatic rings. The summed E-state index contributed by atoms with van der Waals surface area (Å²) in [5.41, 5.74) is 1.70. The number of anilines is 3. The molecule has 0 amide bonds. The highest BCUT2D eigenvalue weighted by molar-refractivity contribution is 7.71. The van der Waals surface area contributed by atoms with Gasteiger partial charge in [-0.2, -0.15) is 15.2 Å². The summed E-state index contributed by atoms with van der Waals surface area (Å²) in [5, 5.41) is 17.0. The molecule has 0 aliphatic carbocycles. The van der Waals surface area contributed by atoms with Gasteiger partial charge in [-0.05, 0) is 18.2 Å². The molecule has 2 aromatic heterocycles. The summed E-state index contributed by atoms with van der Waals surface area (Å²) in [4.78, 5) is 14.4. The molecular formula is C22H26N7O3P. The third-order valence-corrected chi connectivity index (χ3v) is 9.49. The van der Waals surface area contributed by atoms with E-state index in [1.54, 1.807) is 20.4 Å². The average molecular weight is 467 g/mol. The van der Waals surface area contributed by atoms with Crippen molar-refractivity contribution in [3.05, 3.63) is 30.0 Å². The summed E-state index contributed by atoms with van der Waals surface area (Å²) in [6.07, 6.45) is 2.94. The molecule has 0 unspecified atom stereocenters. The van der Waals surface area contributed by atoms with E-state index < -0.39 is 7.14 Å². The number of benzene rings is 1. The molecule has 2 saturated heterocycles. The number of aromatic amines is 1. The molecule has 2 fully saturated rings. The SMILES string of the molecule is CNc1nc(Nc2ccc(P3(=O)CCN(C4COC4)CC3)cc2OC)nc2[nH]cc(C#N)c12. The molecule has 0 saturated carbocycles. The summed E-state index contributed by atoms with van der Waals surface area (Å²) in [6.45, 7) is 3.22. The van der Waals surface area contributed by atoms with Crippen molar-refractivity contribution in [1.29, 1.82) is 5.26 Å². The fourth-order valence-electron chi connectivity index (χ4n) is 4.38. The highest BCUT2D eigenvalue weighted by atomic mass is 31.2. The lowest BCUT2D eigenvalue weighted by Gasteiger charge is -2.41. The van der Waals surface area contributed by atoms with Gasteiger partial charge in [-0.3, -0.25) is 4.90 Å². The van der Waals surface area contributed by atoms with E-state index in [9.17, 15) is 9.83 Å². The van der Waals surface area contributed by atoms with E-state index in [2.05, 4.69) is 36.6 Å². The van der Waals surface area contributed by atoms with Crippen molar-refractivity contribution in [1.82, 2.24) is 19.9 Å². The van der Waals surface area contributed by atoms with Crippen molar-refractivity contribution >= 4 is 40.9 Å². The predicted octanol–water partition coefficient (Wildman–Crippen LogP) is 2.33. The second-order valence-electron chi connectivity index (χ2n) is 8.26. The molecule has 4 heterocycles. The largest absolute Gasteiger partial charge is 0.495 e. The summed E-state index contributed by atoms with van der Waals surface area (Å²) in [6, 6.07) is 8.26. The zero-order valence-electron chi connectivity index (χ0n) is 18.6. The Morgan fingerprint density at radius 3 is 2.73 bits per heavy atom. The molecule has 0 spiro atoms. The number of rotatable bonds is 6. The number of hydrogen-bond donors (Lipinski definition) is 3. The van der Waals surface area contributed by atoms with Crippen molar-refractivity contribution < 1.29 is 14.0 Å². The van der Waals surface area contributed by atoms with Gasteiger partial charge in [-0.15, -0.1) is 0 Å². The topological polar surface area (TPSA) is 128 Å². The Morgan fingerprint density at radius 2 is 2.09 bits per heavy atom. The van der Waals surface area contributed by atoms with Crippen LogP contribution < -0.4 is 20.7 Å². The van der Waals surface area contributed by atoms with E-state index in [1.807, 2.05) is 18.2 Å². The van der Waals surface area contributed by atoms with Crippen LogP contribution in [-0.4, -0.2) is 78.7 Å². The molecule has 5 rings (SSSR count). The lowest BCUT2D eigenvalue weighted by molar-refractivity contribution is -0.0620. The quantitative estimate of drug-likeness (QED) is 0.468. The van der Waals surface area contributed by atoms with Crippen LogP contribution in [0.2, 0.25) is 0 Å². The van der Waals surface area contributed by atoms with Crippen LogP contribution in [0.4, 0.5) is 17.5 Å². The van der Waals surface area contributed by atoms with Crippen molar-refractivity contribution in [3.8, 4) is 11.8 Å². The minimum atomic E-state index is -2.48. The van der Waals surface area contributed by atoms with Crippen LogP contribution in [0.15, 0.2) is 24.4 Å². The van der Waals surface area contributed by atoms with Gasteiger partial charge in [0.25, 0.3) is 0 Å². The number of aromatic nitrogens is 3. The lowest BCUT2D eigenvalue weighted by atomic mass is 10.2. The third-order valence-electron chi connectivity index (χ3n) is 6.42. The van der Waals surface area contributed by atoms with Crippen LogP contribution in [-0.2, 0) is 9.30 Å². The fourth-order valence-corrected chi connectivity index (χ4v) is 6.97. The number of nitrogens with zero attached hydrogens (tertiary/aromatic N) is 4. The number of H-pyrrole nitrogens is 1. The maximum atomic E-state index is 13.7. The Labute approximate surface area is 191 Å². The normalized spacial score (nSPS) is 18.5. The Hall–Kier alpha value is -3.12. The van der Waals surface area contributed by atoms with Gasteiger partial charge >= 0.3 is 0 Å². The Bertz CT molecular complexity index is 1270. The van der Waals surface area contributed by atoms with E-state index >= 15 is 0 Å². The highest BCUT2D eigenvalue weighted by Gasteiger charge is 2.35. The van der Waals surface area contributed by atoms with Gasteiger partial charge in [-0.1, -0.05) is 0 Å². The smallest absolute Gasteiger partial charge is 0.231 e. The maximum Gasteiger partial charge on any atom is 0.231 e. The van der Waals surface area contributed by atoms with Crippen LogP contribution in [0.25, 0.3) is 11.0 Å². The van der Waals surface area contributed by atoms with Gasteiger partial charge < -0.3 is 29.7 Å². The first-order chi connectivity index (χ1) is 16.0. The monoisotopic (exact) mass is 467 g/mol. The first-order valence-electron chi connectivity index (χ1n) is 10.9. The molecule has 0 radical (unpaired) electrons. The minimum absolute atomic E-state index is 0.354. The van der Waals surface area contributed by atoms with Gasteiger partial charge in [0.15, 0.2) is 0 Å². The molecule has 2 aliphatic heterocycles. The van der Waals surface area contributed by atoms with Gasteiger partial charge in [0, 0.05) is 44.0 Å². The number of nitriles is 1. The second-order valence-corrected chi connectivity index (χ2v) is 11.4. The van der Waals surface area contributed by atoms with E-state index in [4.69, 9.17) is 9.47 Å². The third kappa shape index (κ3) is 3.93. The number of ether oxygens (including phenoxy) is 2. The van der Waals surface area contributed by atoms with E-state index in [1.165, 1.54) is 0 Å². The summed E-state index contributed by atoms with van der Waals surface area (Å²) >= 11 is 0. The van der Waals surface area contributed by atoms with Crippen LogP contribution in [0.1, 0.15) is 5.56 Å². The lowest BCUT2D eigenvalue weighted by Crippen LogP contribution is -2.52. The van der Waals surface area contributed by atoms with Crippen LogP contribution in [0, 0.1) is 11.3 Å². The van der Waals surface area contributed by atoms with Gasteiger partial charge in [-0.25, -0.2) is 0 Å². The number of methoxy groups -OCH3 is 1. The van der Waals surface area contributed by atoms with E-state index in [0.717, 1.165) is 31.6 Å². The van der Waals surface area contributed by atoms with Gasteiger partial charge in [0.05, 0.1) is 43.0 Å². The summed E-state index contributed by atoms with van der Waals surface area (Å²) in [5.74, 6) is 1.48. The predicted molar refractivity (Wildman–Crippen MR) is 128 cm³/mol. The Kier molecular flexibility index (Phi) is 5.71. The first kappa shape index (κ1) is 21.7. The number of nitrogens with one attached hydrogen (secondary N) is 3. The first-order valence-corrected chi connectivity index (χ1v) is 12.9. The minimum Gasteiger partial charge on any atom is -0.495 e. The molecular weight excluding hydrogens is 441 g/mol. The van der Waals surface area contributed by atoms with Crippen LogP contribution >= 0.6 is 7.14 Å². The second kappa shape index (κ2) is 8.67. The van der Waals surface area contributed by atoms with Crippen molar-refractivity contribution in [2.45, 2.75) is 6.04 Å². The average Bonchev–Trinajstić information content (AvgIpc) is 3.22. The zero-order valence-corrected chi connectivity index (χ0v) is 19.5. The molecule has 33 heavy (non-hydrogen) atoms. The van der Waals surface area contributed by atoms with Crippen LogP contribution in [0.5, 0.6) is 5.75 Å². The van der Waals surface area contributed by atoms with Gasteiger partial charge in [0.1, 0.15) is 30.4 Å². The number of fused-ring (bicyclic) bond motifs is 1. The molecule has 0 atom stereocenters. The van der Waals surface area contributed by atoms with Crippen molar-refractivity contribution in [3.63, 3.8) is 0 Å². The van der Waals surface area contributed by atoms with E-state index in [0.29, 0.717) is 58.2 Å². The molecule has 10 nitrogen and oxygen atoms in total. The molecule has 3 aromatic rings. The molecule has 1 aromatic carbocycles. The Morgan fingerprint density at radius 1 is 1.30 bits per heavy atom. The summed E-state index contributed by atoms with van der Waals surface area (Å²) < 4.78 is 24.6. The number of hydrogen-bond acceptors (Lipinski definition) is 9. The zero-order chi connectivity index (χ0) is 23.0.